The van der Waals surface area contributed by atoms with Gasteiger partial charge in [0.15, 0.2) is 0 Å². The molecule has 0 aromatic heterocycles. The zero-order chi connectivity index (χ0) is 28.9. The fourth-order valence-corrected chi connectivity index (χ4v) is 3.97. The fraction of sp³-hybridized carbons (Fsp3) is 0.500. The highest BCUT2D eigenvalue weighted by Gasteiger charge is 2.03. The molecule has 0 unspecified atom stereocenters. The van der Waals surface area contributed by atoms with Gasteiger partial charge in [-0.05, 0) is 59.3 Å². The lowest BCUT2D eigenvalue weighted by Gasteiger charge is -2.11. The summed E-state index contributed by atoms with van der Waals surface area (Å²) in [6.45, 7) is 7.70. The zero-order valence-corrected chi connectivity index (χ0v) is 24.2. The lowest BCUT2D eigenvalue weighted by molar-refractivity contribution is 0.00486. The van der Waals surface area contributed by atoms with E-state index in [-0.39, 0.29) is 0 Å². The van der Waals surface area contributed by atoms with Gasteiger partial charge in [0.1, 0.15) is 49.4 Å². The van der Waals surface area contributed by atoms with Crippen molar-refractivity contribution in [1.82, 2.24) is 0 Å². The summed E-state index contributed by atoms with van der Waals surface area (Å²) in [5.74, 6) is 3.09. The molecule has 0 N–H and O–H groups in total. The highest BCUT2D eigenvalue weighted by Crippen LogP contribution is 2.25. The van der Waals surface area contributed by atoms with Crippen molar-refractivity contribution in [2.45, 2.75) is 0 Å². The van der Waals surface area contributed by atoms with Gasteiger partial charge >= 0.3 is 0 Å². The van der Waals surface area contributed by atoms with E-state index >= 15 is 0 Å². The summed E-state index contributed by atoms with van der Waals surface area (Å²) in [5.41, 5.74) is 0. The van der Waals surface area contributed by atoms with Gasteiger partial charge in [-0.25, -0.2) is 0 Å². The largest absolute Gasteiger partial charge is 0.491 e. The maximum Gasteiger partial charge on any atom is 0.120 e. The van der Waals surface area contributed by atoms with Gasteiger partial charge in [-0.2, -0.15) is 0 Å². The van der Waals surface area contributed by atoms with E-state index in [2.05, 4.69) is 0 Å². The molecule has 3 aromatic carbocycles. The van der Waals surface area contributed by atoms with Gasteiger partial charge in [0.05, 0.1) is 79.3 Å². The van der Waals surface area contributed by atoms with Crippen molar-refractivity contribution in [3.63, 3.8) is 0 Å². The minimum absolute atomic E-state index is 0.453. The third-order valence-corrected chi connectivity index (χ3v) is 6.08. The van der Waals surface area contributed by atoms with Crippen LogP contribution in [-0.2, 0) is 28.4 Å². The summed E-state index contributed by atoms with van der Waals surface area (Å²) in [5, 5.41) is 2.16. The molecule has 0 atom stereocenters. The van der Waals surface area contributed by atoms with E-state index in [9.17, 15) is 0 Å². The van der Waals surface area contributed by atoms with E-state index in [4.69, 9.17) is 47.4 Å². The van der Waals surface area contributed by atoms with Crippen molar-refractivity contribution in [2.75, 3.05) is 106 Å². The Morgan fingerprint density at radius 1 is 0.262 bits per heavy atom. The van der Waals surface area contributed by atoms with Crippen molar-refractivity contribution in [3.8, 4) is 23.0 Å². The standard InChI is InChI=1S/C32H42O10/c1-3-31-25-28-26-32(4-2-27(1)28)42-24-20-38-16-12-34-10-14-36-18-22-40-30-7-5-29(6-8-30)39-21-17-35-13-9-33-11-15-37-19-23-41-31/h1-8,25-26H,9-24H2. The maximum absolute atomic E-state index is 5.86. The van der Waals surface area contributed by atoms with Crippen LogP contribution >= 0.6 is 0 Å². The molecule has 3 aromatic rings. The Kier molecular flexibility index (Phi) is 15.1. The Hall–Kier alpha value is -3.12. The van der Waals surface area contributed by atoms with Crippen molar-refractivity contribution in [2.24, 2.45) is 0 Å². The molecule has 0 saturated carbocycles. The van der Waals surface area contributed by atoms with E-state index in [1.807, 2.05) is 60.7 Å². The Bertz CT molecular complexity index is 1040. The monoisotopic (exact) mass is 586 g/mol. The van der Waals surface area contributed by atoms with E-state index in [1.165, 1.54) is 0 Å². The smallest absolute Gasteiger partial charge is 0.120 e. The average Bonchev–Trinajstić information content (AvgIpc) is 3.01. The first kappa shape index (κ1) is 31.8. The van der Waals surface area contributed by atoms with E-state index in [1.54, 1.807) is 0 Å². The SMILES string of the molecule is c1cc2ccc1OCCOCCOCCOCCOc1ccc3ccc(cc3c1)OCCOCCOCCOCCO2. The molecule has 0 aliphatic carbocycles. The minimum atomic E-state index is 0.453. The predicted octanol–water partition coefficient (Wildman–Crippen LogP) is 4.17. The molecule has 10 heteroatoms. The number of rotatable bonds is 0. The van der Waals surface area contributed by atoms with E-state index < -0.39 is 0 Å². The lowest BCUT2D eigenvalue weighted by atomic mass is 10.1. The van der Waals surface area contributed by atoms with Crippen LogP contribution in [-0.4, -0.2) is 106 Å². The number of fused-ring (bicyclic) bond motifs is 26. The second-order valence-electron chi connectivity index (χ2n) is 9.21. The van der Waals surface area contributed by atoms with Crippen molar-refractivity contribution in [3.05, 3.63) is 60.7 Å². The molecule has 0 amide bonds. The molecule has 2 heterocycles. The molecule has 0 fully saturated rings. The topological polar surface area (TPSA) is 92.3 Å². The second-order valence-corrected chi connectivity index (χ2v) is 9.21. The fourth-order valence-electron chi connectivity index (χ4n) is 3.97. The van der Waals surface area contributed by atoms with Gasteiger partial charge in [0.25, 0.3) is 0 Å². The van der Waals surface area contributed by atoms with Crippen LogP contribution in [0.5, 0.6) is 23.0 Å². The van der Waals surface area contributed by atoms with Crippen LogP contribution in [0.15, 0.2) is 60.7 Å². The third kappa shape index (κ3) is 12.8. The zero-order valence-electron chi connectivity index (χ0n) is 24.2. The summed E-state index contributed by atoms with van der Waals surface area (Å²) in [6.07, 6.45) is 0. The number of ether oxygens (including phenoxy) is 10. The molecule has 0 saturated heterocycles. The maximum atomic E-state index is 5.86. The van der Waals surface area contributed by atoms with Crippen molar-refractivity contribution < 1.29 is 47.4 Å². The molecule has 0 spiro atoms. The normalized spacial score (nSPS) is 18.6. The van der Waals surface area contributed by atoms with Gasteiger partial charge in [0, 0.05) is 0 Å². The van der Waals surface area contributed by atoms with Crippen LogP contribution in [0.4, 0.5) is 0 Å². The molecule has 0 radical (unpaired) electrons. The van der Waals surface area contributed by atoms with Gasteiger partial charge in [-0.1, -0.05) is 12.1 Å². The minimum Gasteiger partial charge on any atom is -0.491 e. The molecular formula is C32H42O10. The Labute approximate surface area is 247 Å². The molecule has 42 heavy (non-hydrogen) atoms. The summed E-state index contributed by atoms with van der Waals surface area (Å²) < 4.78 is 56.6. The summed E-state index contributed by atoms with van der Waals surface area (Å²) in [4.78, 5) is 0. The highest BCUT2D eigenvalue weighted by atomic mass is 16.6. The van der Waals surface area contributed by atoms with Gasteiger partial charge in [-0.3, -0.25) is 0 Å². The van der Waals surface area contributed by atoms with Crippen LogP contribution in [0.25, 0.3) is 10.8 Å². The van der Waals surface area contributed by atoms with Crippen LogP contribution in [0, 0.1) is 0 Å². The lowest BCUT2D eigenvalue weighted by Crippen LogP contribution is -2.14. The van der Waals surface area contributed by atoms with E-state index in [0.29, 0.717) is 106 Å². The van der Waals surface area contributed by atoms with Gasteiger partial charge in [0.2, 0.25) is 0 Å². The molecule has 2 aliphatic heterocycles. The first-order chi connectivity index (χ1) is 20.9. The second kappa shape index (κ2) is 19.9. The number of hydrogen-bond acceptors (Lipinski definition) is 10. The number of benzene rings is 3. The number of hydrogen-bond donors (Lipinski definition) is 0. The quantitative estimate of drug-likeness (QED) is 0.358. The molecule has 2 aliphatic rings. The third-order valence-electron chi connectivity index (χ3n) is 6.08. The Morgan fingerprint density at radius 3 is 0.857 bits per heavy atom. The van der Waals surface area contributed by atoms with E-state index in [0.717, 1.165) is 33.8 Å². The molecule has 10 nitrogen and oxygen atoms in total. The molecule has 230 valence electrons. The van der Waals surface area contributed by atoms with Crippen molar-refractivity contribution >= 4 is 10.8 Å². The van der Waals surface area contributed by atoms with Crippen LogP contribution in [0.1, 0.15) is 0 Å². The average molecular weight is 587 g/mol. The predicted molar refractivity (Wildman–Crippen MR) is 157 cm³/mol. The molecule has 5 bridgehead atoms. The van der Waals surface area contributed by atoms with Crippen LogP contribution < -0.4 is 18.9 Å². The Balaban J connectivity index is 1.17. The van der Waals surface area contributed by atoms with Crippen LogP contribution in [0.2, 0.25) is 0 Å². The van der Waals surface area contributed by atoms with Crippen molar-refractivity contribution in [1.29, 1.82) is 0 Å². The summed E-state index contributed by atoms with van der Waals surface area (Å²) in [7, 11) is 0. The van der Waals surface area contributed by atoms with Gasteiger partial charge < -0.3 is 47.4 Å². The first-order valence-corrected chi connectivity index (χ1v) is 14.5. The Morgan fingerprint density at radius 2 is 0.524 bits per heavy atom. The summed E-state index contributed by atoms with van der Waals surface area (Å²) in [6, 6.07) is 19.5. The molecule has 5 rings (SSSR count). The molecular weight excluding hydrogens is 544 g/mol. The highest BCUT2D eigenvalue weighted by molar-refractivity contribution is 5.85. The van der Waals surface area contributed by atoms with Gasteiger partial charge in [-0.15, -0.1) is 0 Å². The first-order valence-electron chi connectivity index (χ1n) is 14.5. The van der Waals surface area contributed by atoms with Crippen LogP contribution in [0.3, 0.4) is 0 Å². The summed E-state index contributed by atoms with van der Waals surface area (Å²) >= 11 is 0.